The smallest absolute Gasteiger partial charge is 0.338 e. The van der Waals surface area contributed by atoms with E-state index in [9.17, 15) is 14.4 Å². The standard InChI is InChI=1S/C17H20N2O7/c1-4-25-16(21)13-8-18-17(22)19-14(13)9-26-15(20)10-5-11(23-2)7-12(6-10)24-3/h5-7H,4,8-9H2,1-3H3,(H2,18,19,22). The van der Waals surface area contributed by atoms with Gasteiger partial charge in [0.05, 0.1) is 44.2 Å². The number of esters is 2. The number of hydrogen-bond acceptors (Lipinski definition) is 7. The Morgan fingerprint density at radius 1 is 1.04 bits per heavy atom. The van der Waals surface area contributed by atoms with Crippen molar-refractivity contribution in [1.29, 1.82) is 0 Å². The van der Waals surface area contributed by atoms with Gasteiger partial charge in [0.25, 0.3) is 0 Å². The van der Waals surface area contributed by atoms with Crippen LogP contribution in [0.4, 0.5) is 4.79 Å². The van der Waals surface area contributed by atoms with Gasteiger partial charge in [-0.2, -0.15) is 0 Å². The van der Waals surface area contributed by atoms with Gasteiger partial charge in [0, 0.05) is 6.07 Å². The summed E-state index contributed by atoms with van der Waals surface area (Å²) in [7, 11) is 2.93. The number of carbonyl (C=O) groups is 3. The van der Waals surface area contributed by atoms with E-state index in [2.05, 4.69) is 10.6 Å². The van der Waals surface area contributed by atoms with Crippen molar-refractivity contribution in [2.45, 2.75) is 6.92 Å². The molecule has 1 heterocycles. The van der Waals surface area contributed by atoms with Crippen LogP contribution in [0.1, 0.15) is 17.3 Å². The zero-order valence-electron chi connectivity index (χ0n) is 14.7. The first-order valence-corrected chi connectivity index (χ1v) is 7.82. The molecular formula is C17H20N2O7. The van der Waals surface area contributed by atoms with Gasteiger partial charge in [-0.15, -0.1) is 0 Å². The average molecular weight is 364 g/mol. The highest BCUT2D eigenvalue weighted by Gasteiger charge is 2.24. The number of methoxy groups -OCH3 is 2. The molecule has 1 aliphatic rings. The lowest BCUT2D eigenvalue weighted by Crippen LogP contribution is -2.45. The monoisotopic (exact) mass is 364 g/mol. The van der Waals surface area contributed by atoms with Gasteiger partial charge >= 0.3 is 18.0 Å². The van der Waals surface area contributed by atoms with Crippen LogP contribution in [-0.4, -0.2) is 51.9 Å². The lowest BCUT2D eigenvalue weighted by molar-refractivity contribution is -0.138. The molecule has 1 aliphatic heterocycles. The van der Waals surface area contributed by atoms with Crippen molar-refractivity contribution in [3.63, 3.8) is 0 Å². The number of carbonyl (C=O) groups excluding carboxylic acids is 3. The molecule has 0 aliphatic carbocycles. The minimum absolute atomic E-state index is 0.00939. The summed E-state index contributed by atoms with van der Waals surface area (Å²) in [6, 6.07) is 4.11. The second-order valence-corrected chi connectivity index (χ2v) is 5.16. The quantitative estimate of drug-likeness (QED) is 0.694. The largest absolute Gasteiger partial charge is 0.497 e. The molecule has 9 nitrogen and oxygen atoms in total. The van der Waals surface area contributed by atoms with E-state index in [0.29, 0.717) is 11.5 Å². The Balaban J connectivity index is 2.15. The van der Waals surface area contributed by atoms with Gasteiger partial charge in [-0.05, 0) is 19.1 Å². The number of hydrogen-bond donors (Lipinski definition) is 2. The SMILES string of the molecule is CCOC(=O)C1=C(COC(=O)c2cc(OC)cc(OC)c2)NC(=O)NC1. The lowest BCUT2D eigenvalue weighted by Gasteiger charge is -2.21. The predicted molar refractivity (Wildman–Crippen MR) is 90.0 cm³/mol. The van der Waals surface area contributed by atoms with Crippen molar-refractivity contribution in [2.24, 2.45) is 0 Å². The van der Waals surface area contributed by atoms with Crippen LogP contribution in [0.25, 0.3) is 0 Å². The molecule has 0 unspecified atom stereocenters. The average Bonchev–Trinajstić information content (AvgIpc) is 2.65. The summed E-state index contributed by atoms with van der Waals surface area (Å²) in [5.41, 5.74) is 0.581. The second-order valence-electron chi connectivity index (χ2n) is 5.16. The molecule has 0 saturated heterocycles. The normalized spacial score (nSPS) is 13.4. The van der Waals surface area contributed by atoms with E-state index >= 15 is 0 Å². The molecule has 140 valence electrons. The summed E-state index contributed by atoms with van der Waals surface area (Å²) < 4.78 is 20.4. The van der Waals surface area contributed by atoms with Crippen molar-refractivity contribution in [3.8, 4) is 11.5 Å². The van der Waals surface area contributed by atoms with Crippen LogP contribution in [0.15, 0.2) is 29.5 Å². The highest BCUT2D eigenvalue weighted by Crippen LogP contribution is 2.23. The maximum Gasteiger partial charge on any atom is 0.338 e. The van der Waals surface area contributed by atoms with Gasteiger partial charge in [0.15, 0.2) is 0 Å². The van der Waals surface area contributed by atoms with Crippen LogP contribution in [0.2, 0.25) is 0 Å². The van der Waals surface area contributed by atoms with E-state index in [-0.39, 0.29) is 36.6 Å². The first-order valence-electron chi connectivity index (χ1n) is 7.82. The van der Waals surface area contributed by atoms with Gasteiger partial charge in [-0.3, -0.25) is 0 Å². The van der Waals surface area contributed by atoms with Crippen LogP contribution in [0.3, 0.4) is 0 Å². The van der Waals surface area contributed by atoms with Crippen molar-refractivity contribution in [1.82, 2.24) is 10.6 Å². The fourth-order valence-corrected chi connectivity index (χ4v) is 2.22. The lowest BCUT2D eigenvalue weighted by atomic mass is 10.1. The predicted octanol–water partition coefficient (Wildman–Crippen LogP) is 0.991. The van der Waals surface area contributed by atoms with Crippen molar-refractivity contribution in [3.05, 3.63) is 35.0 Å². The van der Waals surface area contributed by atoms with Crippen LogP contribution in [0.5, 0.6) is 11.5 Å². The Labute approximate surface area is 150 Å². The third-order valence-electron chi connectivity index (χ3n) is 3.51. The fourth-order valence-electron chi connectivity index (χ4n) is 2.22. The highest BCUT2D eigenvalue weighted by atomic mass is 16.5. The minimum atomic E-state index is -0.661. The molecule has 0 bridgehead atoms. The molecule has 1 aromatic rings. The molecule has 26 heavy (non-hydrogen) atoms. The molecule has 0 atom stereocenters. The summed E-state index contributed by atoms with van der Waals surface area (Å²) in [6.45, 7) is 1.56. The fraction of sp³-hybridized carbons (Fsp3) is 0.353. The first-order chi connectivity index (χ1) is 12.5. The maximum absolute atomic E-state index is 12.3. The van der Waals surface area contributed by atoms with Gasteiger partial charge in [-0.1, -0.05) is 0 Å². The molecule has 0 saturated carbocycles. The molecule has 0 aromatic heterocycles. The van der Waals surface area contributed by atoms with Crippen LogP contribution < -0.4 is 20.1 Å². The Hall–Kier alpha value is -3.23. The van der Waals surface area contributed by atoms with E-state index in [1.54, 1.807) is 13.0 Å². The minimum Gasteiger partial charge on any atom is -0.497 e. The molecule has 0 radical (unpaired) electrons. The van der Waals surface area contributed by atoms with E-state index in [1.165, 1.54) is 26.4 Å². The molecule has 2 amide bonds. The highest BCUT2D eigenvalue weighted by molar-refractivity contribution is 5.94. The van der Waals surface area contributed by atoms with Gasteiger partial charge in [0.1, 0.15) is 18.1 Å². The zero-order chi connectivity index (χ0) is 19.1. The summed E-state index contributed by atoms with van der Waals surface area (Å²) in [6.07, 6.45) is 0. The molecule has 0 spiro atoms. The van der Waals surface area contributed by atoms with Gasteiger partial charge < -0.3 is 29.6 Å². The molecule has 9 heteroatoms. The van der Waals surface area contributed by atoms with Crippen LogP contribution in [-0.2, 0) is 14.3 Å². The molecule has 2 N–H and O–H groups in total. The third-order valence-corrected chi connectivity index (χ3v) is 3.51. The van der Waals surface area contributed by atoms with Crippen molar-refractivity contribution in [2.75, 3.05) is 34.0 Å². The van der Waals surface area contributed by atoms with E-state index in [1.807, 2.05) is 0 Å². The Kier molecular flexibility index (Phi) is 6.42. The number of benzene rings is 1. The Bertz CT molecular complexity index is 720. The van der Waals surface area contributed by atoms with Crippen molar-refractivity contribution >= 4 is 18.0 Å². The summed E-state index contributed by atoms with van der Waals surface area (Å²) in [5.74, 6) is -0.393. The molecule has 2 rings (SSSR count). The first kappa shape index (κ1) is 19.1. The molecular weight excluding hydrogens is 344 g/mol. The zero-order valence-corrected chi connectivity index (χ0v) is 14.7. The summed E-state index contributed by atoms with van der Waals surface area (Å²) in [4.78, 5) is 35.8. The van der Waals surface area contributed by atoms with E-state index in [0.717, 1.165) is 0 Å². The maximum atomic E-state index is 12.3. The number of amides is 2. The van der Waals surface area contributed by atoms with Gasteiger partial charge in [-0.25, -0.2) is 14.4 Å². The van der Waals surface area contributed by atoms with Crippen LogP contribution >= 0.6 is 0 Å². The number of urea groups is 1. The van der Waals surface area contributed by atoms with E-state index < -0.39 is 18.0 Å². The van der Waals surface area contributed by atoms with Crippen LogP contribution in [0, 0.1) is 0 Å². The number of ether oxygens (including phenoxy) is 4. The number of rotatable bonds is 7. The van der Waals surface area contributed by atoms with Gasteiger partial charge in [0.2, 0.25) is 0 Å². The molecule has 1 aromatic carbocycles. The summed E-state index contributed by atoms with van der Waals surface area (Å²) >= 11 is 0. The van der Waals surface area contributed by atoms with E-state index in [4.69, 9.17) is 18.9 Å². The Morgan fingerprint density at radius 3 is 2.27 bits per heavy atom. The second kappa shape index (κ2) is 8.75. The Morgan fingerprint density at radius 2 is 1.69 bits per heavy atom. The topological polar surface area (TPSA) is 112 Å². The third kappa shape index (κ3) is 4.65. The summed E-state index contributed by atoms with van der Waals surface area (Å²) in [5, 5.41) is 4.93. The molecule has 0 fully saturated rings. The van der Waals surface area contributed by atoms with Crippen molar-refractivity contribution < 1.29 is 33.3 Å². The number of nitrogens with one attached hydrogen (secondary N) is 2.